The lowest BCUT2D eigenvalue weighted by Crippen LogP contribution is -2.31. The summed E-state index contributed by atoms with van der Waals surface area (Å²) in [6.07, 6.45) is 1.95. The average molecular weight is 236 g/mol. The van der Waals surface area contributed by atoms with E-state index in [9.17, 15) is 9.59 Å². The predicted molar refractivity (Wildman–Crippen MR) is 58.8 cm³/mol. The van der Waals surface area contributed by atoms with Crippen LogP contribution in [-0.2, 0) is 19.1 Å². The van der Waals surface area contributed by atoms with E-state index in [1.807, 2.05) is 0 Å². The Morgan fingerprint density at radius 1 is 1.53 bits per heavy atom. The zero-order chi connectivity index (χ0) is 12.2. The van der Waals surface area contributed by atoms with Crippen LogP contribution >= 0.6 is 0 Å². The van der Waals surface area contributed by atoms with Crippen molar-refractivity contribution in [3.63, 3.8) is 0 Å². The molecule has 3 rings (SSSR count). The molecule has 1 aliphatic heterocycles. The largest absolute Gasteiger partial charge is 0.462 e. The van der Waals surface area contributed by atoms with Gasteiger partial charge in [-0.05, 0) is 25.7 Å². The van der Waals surface area contributed by atoms with Gasteiger partial charge >= 0.3 is 11.9 Å². The number of rotatable bonds is 3. The number of fused-ring (bicyclic) bond motifs is 1. The average Bonchev–Trinajstić information content (AvgIpc) is 2.87. The Balaban J connectivity index is 1.65. The second kappa shape index (κ2) is 3.59. The van der Waals surface area contributed by atoms with Gasteiger partial charge in [-0.25, -0.2) is 4.79 Å². The van der Waals surface area contributed by atoms with Crippen molar-refractivity contribution in [3.05, 3.63) is 12.2 Å². The molecule has 0 N–H and O–H groups in total. The minimum absolute atomic E-state index is 0.0100. The van der Waals surface area contributed by atoms with E-state index in [4.69, 9.17) is 9.47 Å². The molecular formula is C13H16O4. The molecule has 0 aromatic rings. The summed E-state index contributed by atoms with van der Waals surface area (Å²) in [5, 5.41) is 0. The van der Waals surface area contributed by atoms with Crippen LogP contribution in [-0.4, -0.2) is 24.6 Å². The third-order valence-corrected chi connectivity index (χ3v) is 4.41. The van der Waals surface area contributed by atoms with Crippen LogP contribution in [0.1, 0.15) is 19.8 Å². The Kier molecular flexibility index (Phi) is 2.28. The van der Waals surface area contributed by atoms with Gasteiger partial charge in [-0.3, -0.25) is 4.79 Å². The van der Waals surface area contributed by atoms with Crippen LogP contribution in [0.3, 0.4) is 0 Å². The van der Waals surface area contributed by atoms with Crippen molar-refractivity contribution in [2.24, 2.45) is 23.7 Å². The zero-order valence-electron chi connectivity index (χ0n) is 9.85. The zero-order valence-corrected chi connectivity index (χ0v) is 9.85. The number of hydrogen-bond donors (Lipinski definition) is 0. The first-order valence-electron chi connectivity index (χ1n) is 6.11. The van der Waals surface area contributed by atoms with E-state index in [-0.39, 0.29) is 29.9 Å². The smallest absolute Gasteiger partial charge is 0.333 e. The Labute approximate surface area is 100.0 Å². The molecule has 1 heterocycles. The maximum atomic E-state index is 11.5. The fourth-order valence-corrected chi connectivity index (χ4v) is 3.60. The molecule has 0 amide bonds. The molecule has 4 nitrogen and oxygen atoms in total. The fourth-order valence-electron chi connectivity index (χ4n) is 3.60. The van der Waals surface area contributed by atoms with E-state index in [1.54, 1.807) is 6.92 Å². The van der Waals surface area contributed by atoms with Crippen molar-refractivity contribution in [1.29, 1.82) is 0 Å². The lowest BCUT2D eigenvalue weighted by atomic mass is 9.83. The highest BCUT2D eigenvalue weighted by molar-refractivity contribution is 5.86. The number of hydrogen-bond acceptors (Lipinski definition) is 4. The third kappa shape index (κ3) is 1.50. The summed E-state index contributed by atoms with van der Waals surface area (Å²) in [5.41, 5.74) is 0.412. The van der Waals surface area contributed by atoms with E-state index in [2.05, 4.69) is 6.58 Å². The Morgan fingerprint density at radius 3 is 3.00 bits per heavy atom. The lowest BCUT2D eigenvalue weighted by Gasteiger charge is -2.24. The molecule has 0 aromatic heterocycles. The first-order valence-corrected chi connectivity index (χ1v) is 6.11. The highest BCUT2D eigenvalue weighted by Crippen LogP contribution is 2.57. The predicted octanol–water partition coefficient (Wildman–Crippen LogP) is 1.30. The van der Waals surface area contributed by atoms with Crippen LogP contribution in [0.5, 0.6) is 0 Å². The van der Waals surface area contributed by atoms with E-state index in [1.165, 1.54) is 0 Å². The molecule has 2 bridgehead atoms. The van der Waals surface area contributed by atoms with Gasteiger partial charge in [-0.1, -0.05) is 6.58 Å². The first-order chi connectivity index (χ1) is 8.08. The topological polar surface area (TPSA) is 52.6 Å². The van der Waals surface area contributed by atoms with Gasteiger partial charge in [0.2, 0.25) is 0 Å². The number of ether oxygens (including phenoxy) is 2. The van der Waals surface area contributed by atoms with Gasteiger partial charge in [-0.15, -0.1) is 0 Å². The molecule has 2 saturated carbocycles. The van der Waals surface area contributed by atoms with Crippen LogP contribution in [0, 0.1) is 23.7 Å². The lowest BCUT2D eigenvalue weighted by molar-refractivity contribution is -0.146. The van der Waals surface area contributed by atoms with Crippen molar-refractivity contribution in [2.75, 3.05) is 6.61 Å². The fraction of sp³-hybridized carbons (Fsp3) is 0.692. The molecule has 5 unspecified atom stereocenters. The molecule has 1 saturated heterocycles. The van der Waals surface area contributed by atoms with Gasteiger partial charge in [0.25, 0.3) is 0 Å². The maximum Gasteiger partial charge on any atom is 0.333 e. The van der Waals surface area contributed by atoms with E-state index in [0.29, 0.717) is 24.0 Å². The van der Waals surface area contributed by atoms with Gasteiger partial charge in [0.1, 0.15) is 6.10 Å². The molecule has 4 heteroatoms. The van der Waals surface area contributed by atoms with E-state index < -0.39 is 0 Å². The summed E-state index contributed by atoms with van der Waals surface area (Å²) < 4.78 is 10.6. The monoisotopic (exact) mass is 236 g/mol. The Bertz CT molecular complexity index is 400. The Morgan fingerprint density at radius 2 is 2.29 bits per heavy atom. The second-order valence-electron chi connectivity index (χ2n) is 5.45. The highest BCUT2D eigenvalue weighted by Gasteiger charge is 2.61. The van der Waals surface area contributed by atoms with Crippen LogP contribution in [0.25, 0.3) is 0 Å². The molecule has 5 atom stereocenters. The molecule has 3 aliphatic rings. The summed E-state index contributed by atoms with van der Waals surface area (Å²) in [5.74, 6) is 0.786. The summed E-state index contributed by atoms with van der Waals surface area (Å²) >= 11 is 0. The van der Waals surface area contributed by atoms with Crippen molar-refractivity contribution < 1.29 is 19.1 Å². The van der Waals surface area contributed by atoms with Crippen LogP contribution in [0.2, 0.25) is 0 Å². The summed E-state index contributed by atoms with van der Waals surface area (Å²) in [7, 11) is 0. The molecule has 17 heavy (non-hydrogen) atoms. The normalized spacial score (nSPS) is 41.5. The number of carbonyl (C=O) groups is 2. The van der Waals surface area contributed by atoms with Crippen LogP contribution < -0.4 is 0 Å². The van der Waals surface area contributed by atoms with Gasteiger partial charge < -0.3 is 9.47 Å². The molecule has 0 radical (unpaired) electrons. The minimum Gasteiger partial charge on any atom is -0.462 e. The van der Waals surface area contributed by atoms with Gasteiger partial charge in [-0.2, -0.15) is 0 Å². The SMILES string of the molecule is C=C(C)C(=O)OCC1C2CC3C(=O)OC1C3C2. The minimum atomic E-state index is -0.353. The summed E-state index contributed by atoms with van der Waals surface area (Å²) in [6, 6.07) is 0. The summed E-state index contributed by atoms with van der Waals surface area (Å²) in [4.78, 5) is 22.9. The molecule has 3 fully saturated rings. The van der Waals surface area contributed by atoms with Crippen molar-refractivity contribution in [3.8, 4) is 0 Å². The first kappa shape index (κ1) is 10.8. The molecule has 0 aromatic carbocycles. The molecule has 2 aliphatic carbocycles. The second-order valence-corrected chi connectivity index (χ2v) is 5.45. The highest BCUT2D eigenvalue weighted by atomic mass is 16.6. The van der Waals surface area contributed by atoms with Crippen molar-refractivity contribution in [2.45, 2.75) is 25.9 Å². The standard InChI is InChI=1S/C13H16O4/c1-6(2)12(14)16-5-10-7-3-8-9(4-7)13(15)17-11(8)10/h7-11H,1,3-5H2,2H3. The summed E-state index contributed by atoms with van der Waals surface area (Å²) in [6.45, 7) is 5.54. The quantitative estimate of drug-likeness (QED) is 0.547. The van der Waals surface area contributed by atoms with Gasteiger partial charge in [0.05, 0.1) is 12.5 Å². The maximum absolute atomic E-state index is 11.5. The van der Waals surface area contributed by atoms with E-state index in [0.717, 1.165) is 12.8 Å². The van der Waals surface area contributed by atoms with Gasteiger partial charge in [0.15, 0.2) is 0 Å². The Hall–Kier alpha value is -1.32. The molecular weight excluding hydrogens is 220 g/mol. The van der Waals surface area contributed by atoms with Crippen LogP contribution in [0.15, 0.2) is 12.2 Å². The van der Waals surface area contributed by atoms with Crippen molar-refractivity contribution in [1.82, 2.24) is 0 Å². The third-order valence-electron chi connectivity index (χ3n) is 4.41. The van der Waals surface area contributed by atoms with Gasteiger partial charge in [0, 0.05) is 17.4 Å². The number of carbonyl (C=O) groups excluding carboxylic acids is 2. The number of esters is 2. The molecule has 92 valence electrons. The molecule has 0 spiro atoms. The van der Waals surface area contributed by atoms with Crippen LogP contribution in [0.4, 0.5) is 0 Å². The van der Waals surface area contributed by atoms with Crippen molar-refractivity contribution >= 4 is 11.9 Å². The van der Waals surface area contributed by atoms with E-state index >= 15 is 0 Å².